The molecule has 0 radical (unpaired) electrons. The summed E-state index contributed by atoms with van der Waals surface area (Å²) < 4.78 is 18.6. The van der Waals surface area contributed by atoms with Crippen LogP contribution < -0.4 is 10.1 Å². The molecule has 0 aromatic heterocycles. The number of para-hydroxylation sites is 1. The molecule has 26 heavy (non-hydrogen) atoms. The van der Waals surface area contributed by atoms with E-state index < -0.39 is 29.4 Å². The average Bonchev–Trinajstić information content (AvgIpc) is 2.85. The van der Waals surface area contributed by atoms with Crippen LogP contribution in [-0.2, 0) is 10.3 Å². The van der Waals surface area contributed by atoms with Crippen molar-refractivity contribution in [3.63, 3.8) is 0 Å². The van der Waals surface area contributed by atoms with Crippen LogP contribution in [0, 0.1) is 5.82 Å². The molecule has 6 nitrogen and oxygen atoms in total. The van der Waals surface area contributed by atoms with Crippen molar-refractivity contribution >= 4 is 11.9 Å². The van der Waals surface area contributed by atoms with E-state index in [4.69, 9.17) is 4.74 Å². The Morgan fingerprint density at radius 3 is 2.46 bits per heavy atom. The first-order valence-electron chi connectivity index (χ1n) is 8.16. The summed E-state index contributed by atoms with van der Waals surface area (Å²) in [5, 5.41) is 12.7. The summed E-state index contributed by atoms with van der Waals surface area (Å²) in [6, 6.07) is 13.7. The number of aliphatic hydroxyl groups excluding tert-OH is 1. The van der Waals surface area contributed by atoms with Gasteiger partial charge in [-0.2, -0.15) is 0 Å². The lowest BCUT2D eigenvalue weighted by Crippen LogP contribution is -2.42. The lowest BCUT2D eigenvalue weighted by molar-refractivity contribution is -0.132. The number of imide groups is 1. The van der Waals surface area contributed by atoms with E-state index >= 15 is 0 Å². The second-order valence-electron chi connectivity index (χ2n) is 6.26. The Morgan fingerprint density at radius 2 is 1.81 bits per heavy atom. The van der Waals surface area contributed by atoms with Crippen LogP contribution in [0.15, 0.2) is 54.6 Å². The lowest BCUT2D eigenvalue weighted by atomic mass is 9.92. The Labute approximate surface area is 150 Å². The fourth-order valence-electron chi connectivity index (χ4n) is 2.81. The average molecular weight is 358 g/mol. The van der Waals surface area contributed by atoms with Crippen molar-refractivity contribution in [2.45, 2.75) is 18.6 Å². The van der Waals surface area contributed by atoms with Crippen molar-refractivity contribution in [1.29, 1.82) is 0 Å². The van der Waals surface area contributed by atoms with Crippen LogP contribution in [-0.4, -0.2) is 41.2 Å². The van der Waals surface area contributed by atoms with E-state index in [1.54, 1.807) is 31.2 Å². The number of β-amino-alcohol motifs (C(OH)–C–C–N with tert-alkyl or cyclic N) is 1. The molecule has 3 amide bonds. The number of amides is 3. The number of nitrogens with one attached hydrogen (secondary N) is 1. The van der Waals surface area contributed by atoms with Gasteiger partial charge in [-0.05, 0) is 36.8 Å². The van der Waals surface area contributed by atoms with Crippen molar-refractivity contribution in [2.75, 3.05) is 13.2 Å². The number of ether oxygens (including phenoxy) is 1. The second-order valence-corrected chi connectivity index (χ2v) is 6.26. The van der Waals surface area contributed by atoms with Gasteiger partial charge in [0.1, 0.15) is 29.8 Å². The standard InChI is InChI=1S/C19H19FN2O4/c1-19(13-7-9-14(20)10-8-13)17(24)22(18(25)21-19)11-15(23)12-26-16-5-3-2-4-6-16/h2-10,15,23H,11-12H2,1H3,(H,21,25)/t15-,19-/m1/s1. The molecule has 0 aliphatic carbocycles. The normalized spacial score (nSPS) is 20.8. The van der Waals surface area contributed by atoms with E-state index in [0.717, 1.165) is 4.90 Å². The third-order valence-corrected chi connectivity index (χ3v) is 4.28. The van der Waals surface area contributed by atoms with E-state index in [1.165, 1.54) is 24.3 Å². The van der Waals surface area contributed by atoms with Crippen LogP contribution in [0.2, 0.25) is 0 Å². The minimum absolute atomic E-state index is 0.0612. The second kappa shape index (κ2) is 7.13. The van der Waals surface area contributed by atoms with Gasteiger partial charge in [0.05, 0.1) is 6.54 Å². The third-order valence-electron chi connectivity index (χ3n) is 4.28. The summed E-state index contributed by atoms with van der Waals surface area (Å²) in [6.07, 6.45) is -1.04. The first-order valence-corrected chi connectivity index (χ1v) is 8.16. The van der Waals surface area contributed by atoms with Crippen molar-refractivity contribution in [3.05, 3.63) is 66.0 Å². The molecule has 0 bridgehead atoms. The largest absolute Gasteiger partial charge is 0.491 e. The van der Waals surface area contributed by atoms with Crippen LogP contribution in [0.25, 0.3) is 0 Å². The summed E-state index contributed by atoms with van der Waals surface area (Å²) in [4.78, 5) is 25.9. The summed E-state index contributed by atoms with van der Waals surface area (Å²) in [5.74, 6) is -0.354. The highest BCUT2D eigenvalue weighted by atomic mass is 19.1. The van der Waals surface area contributed by atoms with E-state index in [-0.39, 0.29) is 13.2 Å². The number of aliphatic hydroxyl groups is 1. The van der Waals surface area contributed by atoms with Crippen LogP contribution >= 0.6 is 0 Å². The smallest absolute Gasteiger partial charge is 0.325 e. The molecule has 1 aliphatic heterocycles. The Morgan fingerprint density at radius 1 is 1.15 bits per heavy atom. The van der Waals surface area contributed by atoms with Crippen molar-refractivity contribution in [1.82, 2.24) is 10.2 Å². The number of halogens is 1. The fourth-order valence-corrected chi connectivity index (χ4v) is 2.81. The Bertz CT molecular complexity index is 797. The zero-order chi connectivity index (χ0) is 18.7. The zero-order valence-corrected chi connectivity index (χ0v) is 14.2. The number of carbonyl (C=O) groups is 2. The number of hydrogen-bond acceptors (Lipinski definition) is 4. The van der Waals surface area contributed by atoms with E-state index in [9.17, 15) is 19.1 Å². The first-order chi connectivity index (χ1) is 12.4. The van der Waals surface area contributed by atoms with Gasteiger partial charge in [-0.15, -0.1) is 0 Å². The number of carbonyl (C=O) groups excluding carboxylic acids is 2. The number of benzene rings is 2. The summed E-state index contributed by atoms with van der Waals surface area (Å²) in [5.41, 5.74) is -0.833. The molecule has 1 aliphatic rings. The quantitative estimate of drug-likeness (QED) is 0.775. The predicted molar refractivity (Wildman–Crippen MR) is 91.9 cm³/mol. The zero-order valence-electron chi connectivity index (χ0n) is 14.2. The Kier molecular flexibility index (Phi) is 4.90. The van der Waals surface area contributed by atoms with Crippen LogP contribution in [0.1, 0.15) is 12.5 Å². The van der Waals surface area contributed by atoms with Gasteiger partial charge in [0.15, 0.2) is 0 Å². The van der Waals surface area contributed by atoms with E-state index in [2.05, 4.69) is 5.32 Å². The van der Waals surface area contributed by atoms with Gasteiger partial charge in [-0.3, -0.25) is 9.69 Å². The van der Waals surface area contributed by atoms with Gasteiger partial charge in [-0.25, -0.2) is 9.18 Å². The molecule has 3 rings (SSSR count). The fraction of sp³-hybridized carbons (Fsp3) is 0.263. The van der Waals surface area contributed by atoms with Crippen LogP contribution in [0.5, 0.6) is 5.75 Å². The molecule has 1 saturated heterocycles. The maximum atomic E-state index is 13.1. The molecule has 1 heterocycles. The minimum atomic E-state index is -1.30. The molecule has 7 heteroatoms. The summed E-state index contributed by atoms with van der Waals surface area (Å²) in [7, 11) is 0. The number of nitrogens with zero attached hydrogens (tertiary/aromatic N) is 1. The van der Waals surface area contributed by atoms with E-state index in [0.29, 0.717) is 11.3 Å². The minimum Gasteiger partial charge on any atom is -0.491 e. The van der Waals surface area contributed by atoms with Crippen LogP contribution in [0.4, 0.5) is 9.18 Å². The van der Waals surface area contributed by atoms with Crippen LogP contribution in [0.3, 0.4) is 0 Å². The molecule has 136 valence electrons. The van der Waals surface area contributed by atoms with Crippen molar-refractivity contribution in [3.8, 4) is 5.75 Å². The highest BCUT2D eigenvalue weighted by molar-refractivity contribution is 6.07. The molecule has 1 fully saturated rings. The molecule has 0 saturated carbocycles. The van der Waals surface area contributed by atoms with Gasteiger partial charge >= 0.3 is 6.03 Å². The molecular formula is C19H19FN2O4. The molecule has 2 aromatic rings. The molecular weight excluding hydrogens is 339 g/mol. The van der Waals surface area contributed by atoms with Gasteiger partial charge in [-0.1, -0.05) is 30.3 Å². The lowest BCUT2D eigenvalue weighted by Gasteiger charge is -2.23. The molecule has 2 atom stereocenters. The van der Waals surface area contributed by atoms with Crippen molar-refractivity contribution in [2.24, 2.45) is 0 Å². The topological polar surface area (TPSA) is 78.9 Å². The Balaban J connectivity index is 1.66. The SMILES string of the molecule is C[C@]1(c2ccc(F)cc2)NC(=O)N(C[C@@H](O)COc2ccccc2)C1=O. The number of hydrogen-bond donors (Lipinski definition) is 2. The van der Waals surface area contributed by atoms with Crippen molar-refractivity contribution < 1.29 is 23.8 Å². The van der Waals surface area contributed by atoms with Gasteiger partial charge < -0.3 is 15.2 Å². The molecule has 0 spiro atoms. The van der Waals surface area contributed by atoms with Gasteiger partial charge in [0.25, 0.3) is 5.91 Å². The van der Waals surface area contributed by atoms with Gasteiger partial charge in [0.2, 0.25) is 0 Å². The first kappa shape index (κ1) is 17.9. The molecule has 2 aromatic carbocycles. The van der Waals surface area contributed by atoms with Gasteiger partial charge in [0, 0.05) is 0 Å². The predicted octanol–water partition coefficient (Wildman–Crippen LogP) is 2.03. The Hall–Kier alpha value is -2.93. The summed E-state index contributed by atoms with van der Waals surface area (Å²) >= 11 is 0. The molecule has 0 unspecified atom stereocenters. The maximum Gasteiger partial charge on any atom is 0.325 e. The maximum absolute atomic E-state index is 13.1. The highest BCUT2D eigenvalue weighted by Crippen LogP contribution is 2.29. The third kappa shape index (κ3) is 3.52. The van der Waals surface area contributed by atoms with E-state index in [1.807, 2.05) is 6.07 Å². The highest BCUT2D eigenvalue weighted by Gasteiger charge is 2.49. The summed E-state index contributed by atoms with van der Waals surface area (Å²) in [6.45, 7) is 1.29. The monoisotopic (exact) mass is 358 g/mol. The number of urea groups is 1. The molecule has 2 N–H and O–H groups in total. The number of rotatable bonds is 6.